The summed E-state index contributed by atoms with van der Waals surface area (Å²) < 4.78 is 5.26. The lowest BCUT2D eigenvalue weighted by Crippen LogP contribution is -2.50. The summed E-state index contributed by atoms with van der Waals surface area (Å²) in [6, 6.07) is 0. The fourth-order valence-corrected chi connectivity index (χ4v) is 2.37. The summed E-state index contributed by atoms with van der Waals surface area (Å²) in [5.41, 5.74) is 0. The molecule has 1 unspecified atom stereocenters. The molecule has 0 aromatic carbocycles. The number of nitrogens with zero attached hydrogens (tertiary/aromatic N) is 3. The molecule has 0 bridgehead atoms. The van der Waals surface area contributed by atoms with Crippen LogP contribution in [0.4, 0.5) is 0 Å². The van der Waals surface area contributed by atoms with Crippen molar-refractivity contribution < 1.29 is 14.3 Å². The molecule has 0 aliphatic carbocycles. The summed E-state index contributed by atoms with van der Waals surface area (Å²) in [6.07, 6.45) is 6.84. The van der Waals surface area contributed by atoms with Crippen LogP contribution in [-0.4, -0.2) is 60.3 Å². The number of morpholine rings is 1. The van der Waals surface area contributed by atoms with Crippen LogP contribution in [0.1, 0.15) is 0 Å². The summed E-state index contributed by atoms with van der Waals surface area (Å²) in [6.45, 7) is 3.23. The highest BCUT2D eigenvalue weighted by atomic mass is 35.5. The van der Waals surface area contributed by atoms with Crippen LogP contribution in [0, 0.1) is 5.92 Å². The Hall–Kier alpha value is -1.50. The minimum absolute atomic E-state index is 0. The number of carbonyl (C=O) groups excluding carboxylic acids is 2. The van der Waals surface area contributed by atoms with E-state index in [4.69, 9.17) is 4.74 Å². The van der Waals surface area contributed by atoms with Gasteiger partial charge in [-0.05, 0) is 12.2 Å². The molecule has 0 saturated carbocycles. The van der Waals surface area contributed by atoms with E-state index in [1.54, 1.807) is 24.4 Å². The van der Waals surface area contributed by atoms with Crippen molar-refractivity contribution in [3.63, 3.8) is 0 Å². The van der Waals surface area contributed by atoms with Crippen molar-refractivity contribution in [2.45, 2.75) is 0 Å². The summed E-state index contributed by atoms with van der Waals surface area (Å²) in [5.74, 6) is -0.821. The summed E-state index contributed by atoms with van der Waals surface area (Å²) in [7, 11) is 0. The van der Waals surface area contributed by atoms with Crippen molar-refractivity contribution in [1.82, 2.24) is 9.80 Å². The van der Waals surface area contributed by atoms with Gasteiger partial charge in [-0.25, -0.2) is 0 Å². The Morgan fingerprint density at radius 3 is 2.75 bits per heavy atom. The Morgan fingerprint density at radius 2 is 2.00 bits per heavy atom. The third-order valence-corrected chi connectivity index (χ3v) is 3.44. The average Bonchev–Trinajstić information content (AvgIpc) is 2.45. The van der Waals surface area contributed by atoms with E-state index in [1.165, 1.54) is 4.90 Å². The molecular weight excluding hydrogens is 282 g/mol. The number of halogens is 1. The first kappa shape index (κ1) is 14.9. The van der Waals surface area contributed by atoms with Crippen LogP contribution in [0.15, 0.2) is 29.4 Å². The molecule has 20 heavy (non-hydrogen) atoms. The number of aliphatic imine (C=N–C) groups is 1. The number of ether oxygens (including phenoxy) is 1. The largest absolute Gasteiger partial charge is 0.379 e. The third-order valence-electron chi connectivity index (χ3n) is 3.44. The zero-order chi connectivity index (χ0) is 13.2. The molecule has 0 spiro atoms. The van der Waals surface area contributed by atoms with Crippen LogP contribution < -0.4 is 0 Å². The van der Waals surface area contributed by atoms with Gasteiger partial charge in [-0.2, -0.15) is 4.99 Å². The SMILES string of the molecule is Cl.O=C1N=C2C=CC=CN2C(=O)C1CN1CCOCC1. The van der Waals surface area contributed by atoms with Gasteiger partial charge in [-0.3, -0.25) is 19.4 Å². The fraction of sp³-hybridized carbons (Fsp3) is 0.462. The lowest BCUT2D eigenvalue weighted by atomic mass is 10.0. The second-order valence-corrected chi connectivity index (χ2v) is 4.68. The molecule has 3 rings (SSSR count). The third kappa shape index (κ3) is 2.82. The Bertz CT molecular complexity index is 495. The number of rotatable bonds is 2. The molecule has 1 saturated heterocycles. The highest BCUT2D eigenvalue weighted by molar-refractivity contribution is 6.20. The van der Waals surface area contributed by atoms with Crippen molar-refractivity contribution in [1.29, 1.82) is 0 Å². The zero-order valence-corrected chi connectivity index (χ0v) is 11.7. The Kier molecular flexibility index (Phi) is 4.69. The second kappa shape index (κ2) is 6.30. The maximum Gasteiger partial charge on any atom is 0.261 e. The highest BCUT2D eigenvalue weighted by Gasteiger charge is 2.37. The van der Waals surface area contributed by atoms with E-state index in [1.807, 2.05) is 0 Å². The number of hydrogen-bond donors (Lipinski definition) is 0. The summed E-state index contributed by atoms with van der Waals surface area (Å²) in [4.78, 5) is 31.8. The topological polar surface area (TPSA) is 62.2 Å². The van der Waals surface area contributed by atoms with E-state index in [-0.39, 0.29) is 24.2 Å². The van der Waals surface area contributed by atoms with Gasteiger partial charge in [0.05, 0.1) is 13.2 Å². The standard InChI is InChI=1S/C13H15N3O3.ClH/c17-12-10(9-15-5-7-19-8-6-15)13(18)16-4-2-1-3-11(16)14-12;/h1-4,10H,5-9H2;1H. The molecular formula is C13H16ClN3O3. The van der Waals surface area contributed by atoms with E-state index in [2.05, 4.69) is 9.89 Å². The molecule has 1 fully saturated rings. The average molecular weight is 298 g/mol. The predicted octanol–water partition coefficient (Wildman–Crippen LogP) is 0.207. The monoisotopic (exact) mass is 297 g/mol. The number of amides is 2. The Morgan fingerprint density at radius 1 is 1.25 bits per heavy atom. The van der Waals surface area contributed by atoms with E-state index in [0.717, 1.165) is 13.1 Å². The van der Waals surface area contributed by atoms with Gasteiger partial charge in [-0.1, -0.05) is 6.08 Å². The molecule has 3 aliphatic heterocycles. The molecule has 3 aliphatic rings. The number of carbonyl (C=O) groups is 2. The molecule has 3 heterocycles. The molecule has 7 heteroatoms. The van der Waals surface area contributed by atoms with Gasteiger partial charge in [0, 0.05) is 25.8 Å². The lowest BCUT2D eigenvalue weighted by Gasteiger charge is -2.33. The van der Waals surface area contributed by atoms with Crippen molar-refractivity contribution in [3.05, 3.63) is 24.4 Å². The van der Waals surface area contributed by atoms with Crippen LogP contribution in [-0.2, 0) is 14.3 Å². The lowest BCUT2D eigenvalue weighted by molar-refractivity contribution is -0.139. The van der Waals surface area contributed by atoms with Gasteiger partial charge in [0.1, 0.15) is 11.8 Å². The quantitative estimate of drug-likeness (QED) is 0.684. The first-order valence-electron chi connectivity index (χ1n) is 6.36. The summed E-state index contributed by atoms with van der Waals surface area (Å²) >= 11 is 0. The van der Waals surface area contributed by atoms with Crippen molar-refractivity contribution >= 4 is 30.1 Å². The van der Waals surface area contributed by atoms with Gasteiger partial charge in [0.25, 0.3) is 5.91 Å². The normalized spacial score (nSPS) is 26.1. The van der Waals surface area contributed by atoms with E-state index >= 15 is 0 Å². The zero-order valence-electron chi connectivity index (χ0n) is 10.9. The molecule has 0 N–H and O–H groups in total. The van der Waals surface area contributed by atoms with Crippen LogP contribution in [0.2, 0.25) is 0 Å². The number of allylic oxidation sites excluding steroid dienone is 2. The van der Waals surface area contributed by atoms with E-state index in [9.17, 15) is 9.59 Å². The minimum Gasteiger partial charge on any atom is -0.379 e. The van der Waals surface area contributed by atoms with Gasteiger partial charge >= 0.3 is 0 Å². The Balaban J connectivity index is 0.00000147. The highest BCUT2D eigenvalue weighted by Crippen LogP contribution is 2.18. The van der Waals surface area contributed by atoms with E-state index in [0.29, 0.717) is 25.6 Å². The molecule has 1 atom stereocenters. The van der Waals surface area contributed by atoms with E-state index < -0.39 is 5.92 Å². The van der Waals surface area contributed by atoms with Gasteiger partial charge in [-0.15, -0.1) is 12.4 Å². The Labute approximate surface area is 123 Å². The molecule has 2 amide bonds. The van der Waals surface area contributed by atoms with Crippen molar-refractivity contribution in [2.75, 3.05) is 32.8 Å². The molecule has 0 radical (unpaired) electrons. The minimum atomic E-state index is -0.696. The van der Waals surface area contributed by atoms with Crippen molar-refractivity contribution in [2.24, 2.45) is 10.9 Å². The van der Waals surface area contributed by atoms with Crippen LogP contribution in [0.3, 0.4) is 0 Å². The van der Waals surface area contributed by atoms with Gasteiger partial charge in [0.2, 0.25) is 5.91 Å². The fourth-order valence-electron chi connectivity index (χ4n) is 2.37. The first-order chi connectivity index (χ1) is 9.25. The van der Waals surface area contributed by atoms with Crippen molar-refractivity contribution in [3.8, 4) is 0 Å². The van der Waals surface area contributed by atoms with Gasteiger partial charge in [0.15, 0.2) is 0 Å². The maximum atomic E-state index is 12.3. The number of hydrogen-bond acceptors (Lipinski definition) is 4. The molecule has 6 nitrogen and oxygen atoms in total. The van der Waals surface area contributed by atoms with Crippen LogP contribution in [0.25, 0.3) is 0 Å². The first-order valence-corrected chi connectivity index (χ1v) is 6.36. The maximum absolute atomic E-state index is 12.3. The molecule has 108 valence electrons. The van der Waals surface area contributed by atoms with Gasteiger partial charge < -0.3 is 4.74 Å². The molecule has 0 aromatic rings. The smallest absolute Gasteiger partial charge is 0.261 e. The number of fused-ring (bicyclic) bond motifs is 1. The summed E-state index contributed by atoms with van der Waals surface area (Å²) in [5, 5.41) is 0. The second-order valence-electron chi connectivity index (χ2n) is 4.68. The number of amidine groups is 1. The van der Waals surface area contributed by atoms with Crippen LogP contribution >= 0.6 is 12.4 Å². The van der Waals surface area contributed by atoms with Crippen LogP contribution in [0.5, 0.6) is 0 Å². The molecule has 0 aromatic heterocycles. The predicted molar refractivity (Wildman–Crippen MR) is 75.6 cm³/mol.